The second-order valence-electron chi connectivity index (χ2n) is 5.53. The van der Waals surface area contributed by atoms with Gasteiger partial charge < -0.3 is 0 Å². The number of ketones is 1. The highest BCUT2D eigenvalue weighted by atomic mass is 16.1. The molecule has 0 heterocycles. The Morgan fingerprint density at radius 1 is 0.800 bits per heavy atom. The van der Waals surface area contributed by atoms with Crippen molar-refractivity contribution in [2.75, 3.05) is 0 Å². The second-order valence-corrected chi connectivity index (χ2v) is 5.53. The largest absolute Gasteiger partial charge is 0.300 e. The molecule has 2 saturated carbocycles. The van der Waals surface area contributed by atoms with E-state index in [9.17, 15) is 4.79 Å². The number of allylic oxidation sites excluding steroid dienone is 2. The van der Waals surface area contributed by atoms with Crippen molar-refractivity contribution in [3.8, 4) is 0 Å². The van der Waals surface area contributed by atoms with Gasteiger partial charge in [0.2, 0.25) is 0 Å². The maximum atomic E-state index is 11.9. The highest BCUT2D eigenvalue weighted by Gasteiger charge is 2.34. The fourth-order valence-corrected chi connectivity index (χ4v) is 3.93. The van der Waals surface area contributed by atoms with Crippen LogP contribution in [0.5, 0.6) is 0 Å². The van der Waals surface area contributed by atoms with Gasteiger partial charge in [-0.25, -0.2) is 0 Å². The first-order valence-corrected chi connectivity index (χ1v) is 6.58. The topological polar surface area (TPSA) is 17.1 Å². The smallest absolute Gasteiger partial charge is 0.134 e. The maximum absolute atomic E-state index is 11.9. The molecule has 0 N–H and O–H groups in total. The molecular formula is C14H20O. The summed E-state index contributed by atoms with van der Waals surface area (Å²) in [4.78, 5) is 11.9. The molecule has 2 atom stereocenters. The highest BCUT2D eigenvalue weighted by molar-refractivity contribution is 5.80. The maximum Gasteiger partial charge on any atom is 0.134 e. The predicted molar refractivity (Wildman–Crippen MR) is 60.6 cm³/mol. The average Bonchev–Trinajstić information content (AvgIpc) is 2.62. The van der Waals surface area contributed by atoms with Gasteiger partial charge in [0.1, 0.15) is 5.78 Å². The number of hydrogen-bond donors (Lipinski definition) is 0. The molecule has 0 unspecified atom stereocenters. The van der Waals surface area contributed by atoms with Crippen molar-refractivity contribution in [2.45, 2.75) is 57.8 Å². The van der Waals surface area contributed by atoms with Crippen molar-refractivity contribution in [1.82, 2.24) is 0 Å². The van der Waals surface area contributed by atoms with E-state index in [1.807, 2.05) is 0 Å². The summed E-state index contributed by atoms with van der Waals surface area (Å²) in [5.74, 6) is 1.86. The molecule has 0 amide bonds. The number of carbonyl (C=O) groups excluding carboxylic acids is 1. The second kappa shape index (κ2) is 3.77. The Bertz CT molecular complexity index is 313. The van der Waals surface area contributed by atoms with E-state index < -0.39 is 0 Å². The summed E-state index contributed by atoms with van der Waals surface area (Å²) in [5, 5.41) is 0. The molecule has 3 rings (SSSR count). The molecule has 0 aromatic heterocycles. The lowest BCUT2D eigenvalue weighted by Crippen LogP contribution is -2.13. The number of rotatable bonds is 0. The van der Waals surface area contributed by atoms with Crippen LogP contribution in [0.3, 0.4) is 0 Å². The Hall–Kier alpha value is -0.590. The van der Waals surface area contributed by atoms with Crippen LogP contribution >= 0.6 is 0 Å². The van der Waals surface area contributed by atoms with Crippen LogP contribution in [-0.2, 0) is 4.79 Å². The molecule has 0 radical (unpaired) electrons. The molecule has 0 aromatic carbocycles. The van der Waals surface area contributed by atoms with Crippen molar-refractivity contribution in [3.63, 3.8) is 0 Å². The zero-order chi connectivity index (χ0) is 10.3. The first-order valence-electron chi connectivity index (χ1n) is 6.58. The van der Waals surface area contributed by atoms with E-state index in [1.165, 1.54) is 44.9 Å². The van der Waals surface area contributed by atoms with Crippen LogP contribution in [0.15, 0.2) is 11.1 Å². The number of fused-ring (bicyclic) bond motifs is 2. The van der Waals surface area contributed by atoms with Gasteiger partial charge in [0.25, 0.3) is 0 Å². The van der Waals surface area contributed by atoms with Gasteiger partial charge in [-0.3, -0.25) is 4.79 Å². The van der Waals surface area contributed by atoms with Crippen LogP contribution in [0.2, 0.25) is 0 Å². The van der Waals surface area contributed by atoms with Gasteiger partial charge in [-0.2, -0.15) is 0 Å². The average molecular weight is 204 g/mol. The van der Waals surface area contributed by atoms with Gasteiger partial charge in [-0.05, 0) is 50.4 Å². The Kier molecular flexibility index (Phi) is 2.42. The summed E-state index contributed by atoms with van der Waals surface area (Å²) >= 11 is 0. The summed E-state index contributed by atoms with van der Waals surface area (Å²) in [6.45, 7) is 0. The van der Waals surface area contributed by atoms with Crippen molar-refractivity contribution >= 4 is 5.78 Å². The van der Waals surface area contributed by atoms with Crippen LogP contribution in [-0.4, -0.2) is 5.78 Å². The quantitative estimate of drug-likeness (QED) is 0.551. The lowest BCUT2D eigenvalue weighted by atomic mass is 9.79. The normalized spacial score (nSPS) is 36.1. The fourth-order valence-electron chi connectivity index (χ4n) is 3.93. The van der Waals surface area contributed by atoms with Crippen LogP contribution in [0.25, 0.3) is 0 Å². The lowest BCUT2D eigenvalue weighted by molar-refractivity contribution is -0.120. The van der Waals surface area contributed by atoms with E-state index >= 15 is 0 Å². The Morgan fingerprint density at radius 2 is 1.40 bits per heavy atom. The van der Waals surface area contributed by atoms with E-state index in [4.69, 9.17) is 0 Å². The first kappa shape index (κ1) is 9.62. The molecule has 3 aliphatic carbocycles. The molecule has 82 valence electrons. The monoisotopic (exact) mass is 204 g/mol. The van der Waals surface area contributed by atoms with Crippen molar-refractivity contribution in [1.29, 1.82) is 0 Å². The van der Waals surface area contributed by atoms with Crippen LogP contribution < -0.4 is 0 Å². The molecule has 15 heavy (non-hydrogen) atoms. The van der Waals surface area contributed by atoms with Crippen molar-refractivity contribution < 1.29 is 4.79 Å². The molecule has 1 heteroatoms. The Morgan fingerprint density at radius 3 is 2.13 bits per heavy atom. The summed E-state index contributed by atoms with van der Waals surface area (Å²) in [6, 6.07) is 0. The Balaban J connectivity index is 1.97. The molecule has 2 fully saturated rings. The van der Waals surface area contributed by atoms with E-state index in [1.54, 1.807) is 11.1 Å². The molecule has 0 saturated heterocycles. The van der Waals surface area contributed by atoms with Crippen LogP contribution in [0.1, 0.15) is 57.8 Å². The summed E-state index contributed by atoms with van der Waals surface area (Å²) in [7, 11) is 0. The molecule has 0 spiro atoms. The molecule has 0 aromatic rings. The summed E-state index contributed by atoms with van der Waals surface area (Å²) in [5.41, 5.74) is 3.46. The van der Waals surface area contributed by atoms with Gasteiger partial charge in [0.15, 0.2) is 0 Å². The standard InChI is InChI=1S/C14H20O/c15-12-8-10-4-1-2-6-13(10)14-7-3-5-11(14)9-12/h10-11H,1-9H2/t10-,11+/m0/s1. The van der Waals surface area contributed by atoms with Gasteiger partial charge >= 0.3 is 0 Å². The van der Waals surface area contributed by atoms with E-state index in [2.05, 4.69) is 0 Å². The van der Waals surface area contributed by atoms with E-state index in [-0.39, 0.29) is 0 Å². The van der Waals surface area contributed by atoms with Gasteiger partial charge in [0, 0.05) is 12.8 Å². The van der Waals surface area contributed by atoms with Gasteiger partial charge in [-0.1, -0.05) is 17.6 Å². The molecule has 3 aliphatic rings. The SMILES string of the molecule is O=C1C[C@H]2CCCC2=C2CCCC[C@H]2C1. The van der Waals surface area contributed by atoms with E-state index in [0.29, 0.717) is 17.6 Å². The third kappa shape index (κ3) is 1.66. The number of hydrogen-bond acceptors (Lipinski definition) is 1. The minimum atomic E-state index is 0.543. The third-order valence-corrected chi connectivity index (χ3v) is 4.59. The summed E-state index contributed by atoms with van der Waals surface area (Å²) < 4.78 is 0. The van der Waals surface area contributed by atoms with Gasteiger partial charge in [0.05, 0.1) is 0 Å². The molecule has 0 aliphatic heterocycles. The predicted octanol–water partition coefficient (Wildman–Crippen LogP) is 3.64. The Labute approximate surface area is 91.9 Å². The van der Waals surface area contributed by atoms with Crippen molar-refractivity contribution in [3.05, 3.63) is 11.1 Å². The first-order chi connectivity index (χ1) is 7.34. The number of Topliss-reactive ketones (excluding diaryl/α,β-unsaturated/α-hetero) is 1. The highest BCUT2D eigenvalue weighted by Crippen LogP contribution is 2.45. The summed E-state index contributed by atoms with van der Waals surface area (Å²) in [6.07, 6.45) is 11.0. The van der Waals surface area contributed by atoms with E-state index in [0.717, 1.165) is 12.8 Å². The zero-order valence-electron chi connectivity index (χ0n) is 9.43. The van der Waals surface area contributed by atoms with Crippen molar-refractivity contribution in [2.24, 2.45) is 11.8 Å². The zero-order valence-corrected chi connectivity index (χ0v) is 9.43. The van der Waals surface area contributed by atoms with Gasteiger partial charge in [-0.15, -0.1) is 0 Å². The van der Waals surface area contributed by atoms with Crippen LogP contribution in [0, 0.1) is 11.8 Å². The minimum absolute atomic E-state index is 0.543. The lowest BCUT2D eigenvalue weighted by Gasteiger charge is -2.26. The molecule has 1 nitrogen and oxygen atoms in total. The minimum Gasteiger partial charge on any atom is -0.300 e. The molecular weight excluding hydrogens is 184 g/mol. The molecule has 0 bridgehead atoms. The van der Waals surface area contributed by atoms with Crippen LogP contribution in [0.4, 0.5) is 0 Å². The third-order valence-electron chi connectivity index (χ3n) is 4.59. The number of carbonyl (C=O) groups is 1. The fraction of sp³-hybridized carbons (Fsp3) is 0.786.